The number of carbonyl (C=O) groups is 7. The van der Waals surface area contributed by atoms with Crippen molar-refractivity contribution in [2.24, 2.45) is 5.73 Å². The molecule has 0 aromatic heterocycles. The van der Waals surface area contributed by atoms with Gasteiger partial charge in [0.2, 0.25) is 5.91 Å². The van der Waals surface area contributed by atoms with Crippen molar-refractivity contribution in [3.63, 3.8) is 0 Å². The monoisotopic (exact) mass is 652 g/mol. The molecule has 2 N–H and O–H groups in total. The molecule has 0 unspecified atom stereocenters. The highest BCUT2D eigenvalue weighted by Gasteiger charge is 2.57. The molecule has 1 aliphatic rings. The molecule has 0 aliphatic carbocycles. The highest BCUT2D eigenvalue weighted by atomic mass is 16.7. The SMILES string of the molecule is CC(=O)OC[C@H]1O[C@@H](N(C(=O)OC(C)(C)C)[C@@H](CC(N)=O)C(=O)OCc2ccccc2)[C@H](OC(C)=O)[C@@H](OC(C)=O)[C@@H]1OC(C)=O. The van der Waals surface area contributed by atoms with Crippen LogP contribution in [0.3, 0.4) is 0 Å². The molecular weight excluding hydrogens is 612 g/mol. The Balaban J connectivity index is 2.78. The second kappa shape index (κ2) is 16.5. The van der Waals surface area contributed by atoms with Crippen molar-refractivity contribution >= 4 is 41.8 Å². The molecule has 254 valence electrons. The number of rotatable bonds is 12. The van der Waals surface area contributed by atoms with E-state index in [9.17, 15) is 33.6 Å². The van der Waals surface area contributed by atoms with Crippen molar-refractivity contribution in [1.29, 1.82) is 0 Å². The molecule has 1 heterocycles. The Morgan fingerprint density at radius 2 is 1.35 bits per heavy atom. The van der Waals surface area contributed by atoms with Gasteiger partial charge in [0.05, 0.1) is 6.42 Å². The number of benzene rings is 1. The summed E-state index contributed by atoms with van der Waals surface area (Å²) in [4.78, 5) is 89.0. The van der Waals surface area contributed by atoms with Gasteiger partial charge in [-0.1, -0.05) is 30.3 Å². The molecule has 2 amide bonds. The van der Waals surface area contributed by atoms with Gasteiger partial charge in [-0.25, -0.2) is 9.59 Å². The van der Waals surface area contributed by atoms with Crippen molar-refractivity contribution < 1.29 is 66.7 Å². The Kier molecular flexibility index (Phi) is 13.5. The first-order chi connectivity index (χ1) is 21.4. The zero-order chi connectivity index (χ0) is 34.8. The lowest BCUT2D eigenvalue weighted by molar-refractivity contribution is -0.278. The number of nitrogens with two attached hydrogens (primary N) is 1. The maximum atomic E-state index is 13.9. The van der Waals surface area contributed by atoms with Gasteiger partial charge in [0.25, 0.3) is 0 Å². The van der Waals surface area contributed by atoms with E-state index in [4.69, 9.17) is 38.9 Å². The topological polar surface area (TPSA) is 213 Å². The fourth-order valence-corrected chi connectivity index (χ4v) is 4.46. The van der Waals surface area contributed by atoms with Crippen LogP contribution < -0.4 is 5.73 Å². The number of ether oxygens (including phenoxy) is 7. The summed E-state index contributed by atoms with van der Waals surface area (Å²) in [5, 5.41) is 0. The zero-order valence-corrected chi connectivity index (χ0v) is 26.7. The smallest absolute Gasteiger partial charge is 0.413 e. The first-order valence-electron chi connectivity index (χ1n) is 14.2. The van der Waals surface area contributed by atoms with E-state index in [1.54, 1.807) is 30.3 Å². The van der Waals surface area contributed by atoms with Crippen LogP contribution in [0, 0.1) is 0 Å². The predicted octanol–water partition coefficient (Wildman–Crippen LogP) is 1.29. The second-order valence-corrected chi connectivity index (χ2v) is 11.3. The van der Waals surface area contributed by atoms with Gasteiger partial charge < -0.3 is 38.9 Å². The van der Waals surface area contributed by atoms with E-state index in [1.165, 1.54) is 20.8 Å². The summed E-state index contributed by atoms with van der Waals surface area (Å²) >= 11 is 0. The fraction of sp³-hybridized carbons (Fsp3) is 0.567. The van der Waals surface area contributed by atoms with Crippen molar-refractivity contribution in [3.8, 4) is 0 Å². The number of carbonyl (C=O) groups excluding carboxylic acids is 7. The molecule has 16 nitrogen and oxygen atoms in total. The third kappa shape index (κ3) is 11.6. The molecular formula is C30H40N2O14. The van der Waals surface area contributed by atoms with Crippen molar-refractivity contribution in [1.82, 2.24) is 4.90 Å². The normalized spacial score (nSPS) is 21.5. The Morgan fingerprint density at radius 1 is 0.804 bits per heavy atom. The number of hydrogen-bond donors (Lipinski definition) is 1. The van der Waals surface area contributed by atoms with Gasteiger partial charge in [-0.3, -0.25) is 28.9 Å². The summed E-state index contributed by atoms with van der Waals surface area (Å²) in [5.74, 6) is -5.70. The number of nitrogens with zero attached hydrogens (tertiary/aromatic N) is 1. The Morgan fingerprint density at radius 3 is 1.85 bits per heavy atom. The van der Waals surface area contributed by atoms with Crippen LogP contribution in [0.1, 0.15) is 60.5 Å². The van der Waals surface area contributed by atoms with E-state index in [2.05, 4.69) is 0 Å². The van der Waals surface area contributed by atoms with E-state index in [-0.39, 0.29) is 6.61 Å². The fourth-order valence-electron chi connectivity index (χ4n) is 4.46. The van der Waals surface area contributed by atoms with Gasteiger partial charge in [0, 0.05) is 27.7 Å². The highest BCUT2D eigenvalue weighted by molar-refractivity contribution is 5.87. The third-order valence-corrected chi connectivity index (χ3v) is 6.07. The van der Waals surface area contributed by atoms with E-state index >= 15 is 0 Å². The molecule has 0 radical (unpaired) electrons. The molecule has 0 bridgehead atoms. The molecule has 1 aromatic carbocycles. The molecule has 46 heavy (non-hydrogen) atoms. The summed E-state index contributed by atoms with van der Waals surface area (Å²) < 4.78 is 38.5. The minimum absolute atomic E-state index is 0.268. The van der Waals surface area contributed by atoms with Crippen LogP contribution in [0.2, 0.25) is 0 Å². The first-order valence-corrected chi connectivity index (χ1v) is 14.2. The van der Waals surface area contributed by atoms with Crippen LogP contribution in [-0.4, -0.2) is 95.6 Å². The summed E-state index contributed by atoms with van der Waals surface area (Å²) in [6, 6.07) is 6.64. The average Bonchev–Trinajstić information content (AvgIpc) is 2.91. The quantitative estimate of drug-likeness (QED) is 0.249. The Labute approximate surface area is 265 Å². The summed E-state index contributed by atoms with van der Waals surface area (Å²) in [6.45, 7) is 7.83. The van der Waals surface area contributed by atoms with Gasteiger partial charge in [0.15, 0.2) is 24.5 Å². The summed E-state index contributed by atoms with van der Waals surface area (Å²) in [7, 11) is 0. The zero-order valence-electron chi connectivity index (χ0n) is 26.7. The van der Waals surface area contributed by atoms with E-state index in [1.807, 2.05) is 0 Å². The molecule has 6 atom stereocenters. The summed E-state index contributed by atoms with van der Waals surface area (Å²) in [6.07, 6.45) is -10.5. The van der Waals surface area contributed by atoms with Crippen molar-refractivity contribution in [2.75, 3.05) is 6.61 Å². The minimum Gasteiger partial charge on any atom is -0.463 e. The second-order valence-electron chi connectivity index (χ2n) is 11.3. The minimum atomic E-state index is -1.90. The lowest BCUT2D eigenvalue weighted by Crippen LogP contribution is -2.69. The number of primary amides is 1. The van der Waals surface area contributed by atoms with Crippen molar-refractivity contribution in [2.45, 2.75) is 104 Å². The van der Waals surface area contributed by atoms with Crippen LogP contribution >= 0.6 is 0 Å². The standard InChI is InChI=1S/C30H40N2O14/c1-16(33)40-15-22-24(42-17(2)34)25(43-18(3)35)26(44-19(4)36)27(45-22)32(29(39)46-30(5,6)7)21(13-23(31)37)28(38)41-14-20-11-9-8-10-12-20/h8-12,21-22,24-27H,13-15H2,1-7H3,(H2,31,37)/t21-,22+,24+,25-,26+,27+/m0/s1. The van der Waals surface area contributed by atoms with E-state index in [0.717, 1.165) is 27.7 Å². The Bertz CT molecular complexity index is 1280. The molecule has 0 spiro atoms. The maximum Gasteiger partial charge on any atom is 0.413 e. The summed E-state index contributed by atoms with van der Waals surface area (Å²) in [5.41, 5.74) is 4.88. The molecule has 1 aliphatic heterocycles. The average molecular weight is 653 g/mol. The highest BCUT2D eigenvalue weighted by Crippen LogP contribution is 2.33. The van der Waals surface area contributed by atoms with E-state index < -0.39 is 97.2 Å². The lowest BCUT2D eigenvalue weighted by atomic mass is 9.95. The number of amides is 2. The molecule has 1 aromatic rings. The Hall–Kier alpha value is -4.73. The van der Waals surface area contributed by atoms with Gasteiger partial charge in [0.1, 0.15) is 31.0 Å². The van der Waals surface area contributed by atoms with Crippen molar-refractivity contribution in [3.05, 3.63) is 35.9 Å². The van der Waals surface area contributed by atoms with Gasteiger partial charge >= 0.3 is 35.9 Å². The van der Waals surface area contributed by atoms with Crippen LogP contribution in [0.25, 0.3) is 0 Å². The van der Waals surface area contributed by atoms with Crippen LogP contribution in [-0.2, 0) is 68.5 Å². The van der Waals surface area contributed by atoms with Gasteiger partial charge in [-0.05, 0) is 26.3 Å². The third-order valence-electron chi connectivity index (χ3n) is 6.07. The molecule has 16 heteroatoms. The molecule has 2 rings (SSSR count). The lowest BCUT2D eigenvalue weighted by Gasteiger charge is -2.48. The largest absolute Gasteiger partial charge is 0.463 e. The van der Waals surface area contributed by atoms with Crippen LogP contribution in [0.15, 0.2) is 30.3 Å². The van der Waals surface area contributed by atoms with Crippen LogP contribution in [0.5, 0.6) is 0 Å². The first kappa shape index (κ1) is 37.5. The van der Waals surface area contributed by atoms with Gasteiger partial charge in [-0.15, -0.1) is 0 Å². The van der Waals surface area contributed by atoms with Crippen LogP contribution in [0.4, 0.5) is 4.79 Å². The van der Waals surface area contributed by atoms with E-state index in [0.29, 0.717) is 10.5 Å². The molecule has 1 fully saturated rings. The molecule has 1 saturated heterocycles. The van der Waals surface area contributed by atoms with Gasteiger partial charge in [-0.2, -0.15) is 0 Å². The maximum absolute atomic E-state index is 13.9. The number of esters is 5. The predicted molar refractivity (Wildman–Crippen MR) is 154 cm³/mol. The molecule has 0 saturated carbocycles. The number of hydrogen-bond acceptors (Lipinski definition) is 14.